The van der Waals surface area contributed by atoms with E-state index >= 15 is 0 Å². The first kappa shape index (κ1) is 23.8. The van der Waals surface area contributed by atoms with Crippen LogP contribution in [0.5, 0.6) is 11.6 Å². The number of ether oxygens (including phenoxy) is 1. The van der Waals surface area contributed by atoms with Crippen molar-refractivity contribution in [2.45, 2.75) is 32.6 Å². The summed E-state index contributed by atoms with van der Waals surface area (Å²) in [6.07, 6.45) is 0. The summed E-state index contributed by atoms with van der Waals surface area (Å²) in [7, 11) is -3.92. The van der Waals surface area contributed by atoms with Crippen LogP contribution in [0.15, 0.2) is 59.5 Å². The van der Waals surface area contributed by atoms with Gasteiger partial charge in [0.15, 0.2) is 5.82 Å². The SMILES string of the molecule is Cc1nc(Oc2ccc(NS(=O)(=O)c3ccc([N+](=O)[O-])cc3)cc2)cc(-n2nc(C)c(C)c2C)n1. The zero-order valence-electron chi connectivity index (χ0n) is 19.4. The Labute approximate surface area is 201 Å². The minimum Gasteiger partial charge on any atom is -0.439 e. The molecule has 0 aliphatic rings. The van der Waals surface area contributed by atoms with E-state index in [1.807, 2.05) is 20.8 Å². The zero-order chi connectivity index (χ0) is 25.3. The highest BCUT2D eigenvalue weighted by Crippen LogP contribution is 2.25. The van der Waals surface area contributed by atoms with Gasteiger partial charge in [0.05, 0.1) is 15.5 Å². The maximum Gasteiger partial charge on any atom is 0.269 e. The molecule has 2 heterocycles. The highest BCUT2D eigenvalue weighted by molar-refractivity contribution is 7.92. The van der Waals surface area contributed by atoms with Crippen molar-refractivity contribution in [3.63, 3.8) is 0 Å². The van der Waals surface area contributed by atoms with Crippen LogP contribution in [0.25, 0.3) is 5.82 Å². The summed E-state index contributed by atoms with van der Waals surface area (Å²) in [5.41, 5.74) is 3.06. The quantitative estimate of drug-likeness (QED) is 0.294. The molecule has 0 unspecified atom stereocenters. The van der Waals surface area contributed by atoms with Crippen molar-refractivity contribution < 1.29 is 18.1 Å². The van der Waals surface area contributed by atoms with Gasteiger partial charge in [0.2, 0.25) is 5.88 Å². The van der Waals surface area contributed by atoms with Gasteiger partial charge in [-0.15, -0.1) is 0 Å². The largest absolute Gasteiger partial charge is 0.439 e. The molecule has 0 amide bonds. The lowest BCUT2D eigenvalue weighted by Crippen LogP contribution is -2.12. The van der Waals surface area contributed by atoms with Gasteiger partial charge in [-0.25, -0.2) is 18.1 Å². The number of nitro benzene ring substituents is 1. The van der Waals surface area contributed by atoms with E-state index in [-0.39, 0.29) is 10.6 Å². The predicted molar refractivity (Wildman–Crippen MR) is 129 cm³/mol. The van der Waals surface area contributed by atoms with Crippen LogP contribution in [0.2, 0.25) is 0 Å². The van der Waals surface area contributed by atoms with E-state index in [1.54, 1.807) is 29.8 Å². The Morgan fingerprint density at radius 2 is 1.63 bits per heavy atom. The topological polar surface area (TPSA) is 142 Å². The lowest BCUT2D eigenvalue weighted by Gasteiger charge is -2.11. The van der Waals surface area contributed by atoms with Crippen LogP contribution in [0, 0.1) is 37.8 Å². The van der Waals surface area contributed by atoms with Crippen LogP contribution in [0.1, 0.15) is 22.8 Å². The summed E-state index contributed by atoms with van der Waals surface area (Å²) in [6.45, 7) is 7.65. The number of aromatic nitrogens is 4. The summed E-state index contributed by atoms with van der Waals surface area (Å²) < 4.78 is 35.2. The molecule has 4 aromatic rings. The zero-order valence-corrected chi connectivity index (χ0v) is 20.2. The number of nitro groups is 1. The molecule has 180 valence electrons. The van der Waals surface area contributed by atoms with E-state index in [2.05, 4.69) is 19.8 Å². The molecule has 12 heteroatoms. The second-order valence-corrected chi connectivity index (χ2v) is 9.48. The number of rotatable bonds is 7. The fraction of sp³-hybridized carbons (Fsp3) is 0.174. The molecule has 4 rings (SSSR count). The third kappa shape index (κ3) is 5.11. The number of nitrogens with zero attached hydrogens (tertiary/aromatic N) is 5. The molecule has 2 aromatic carbocycles. The van der Waals surface area contributed by atoms with Crippen molar-refractivity contribution >= 4 is 21.4 Å². The Kier molecular flexibility index (Phi) is 6.22. The Bertz CT molecular complexity index is 1510. The first-order chi connectivity index (χ1) is 16.5. The lowest BCUT2D eigenvalue weighted by molar-refractivity contribution is -0.384. The fourth-order valence-electron chi connectivity index (χ4n) is 3.30. The van der Waals surface area contributed by atoms with Gasteiger partial charge in [-0.1, -0.05) is 0 Å². The Balaban J connectivity index is 1.51. The average Bonchev–Trinajstić information content (AvgIpc) is 3.07. The molecular weight excluding hydrogens is 472 g/mol. The summed E-state index contributed by atoms with van der Waals surface area (Å²) in [4.78, 5) is 18.9. The lowest BCUT2D eigenvalue weighted by atomic mass is 10.2. The molecule has 0 radical (unpaired) electrons. The molecule has 0 bridgehead atoms. The van der Waals surface area contributed by atoms with Crippen LogP contribution >= 0.6 is 0 Å². The van der Waals surface area contributed by atoms with E-state index < -0.39 is 14.9 Å². The Morgan fingerprint density at radius 3 is 2.20 bits per heavy atom. The number of hydrogen-bond donors (Lipinski definition) is 1. The van der Waals surface area contributed by atoms with Crippen molar-refractivity contribution in [2.75, 3.05) is 4.72 Å². The number of anilines is 1. The fourth-order valence-corrected chi connectivity index (χ4v) is 4.36. The molecule has 0 spiro atoms. The summed E-state index contributed by atoms with van der Waals surface area (Å²) in [5, 5.41) is 15.3. The van der Waals surface area contributed by atoms with Gasteiger partial charge < -0.3 is 4.74 Å². The van der Waals surface area contributed by atoms with Crippen molar-refractivity contribution in [2.24, 2.45) is 0 Å². The molecule has 0 atom stereocenters. The number of aryl methyl sites for hydroxylation is 2. The molecule has 2 aromatic heterocycles. The van der Waals surface area contributed by atoms with E-state index in [9.17, 15) is 18.5 Å². The number of hydrogen-bond acceptors (Lipinski definition) is 8. The smallest absolute Gasteiger partial charge is 0.269 e. The normalized spacial score (nSPS) is 11.3. The molecule has 1 N–H and O–H groups in total. The van der Waals surface area contributed by atoms with Crippen LogP contribution < -0.4 is 9.46 Å². The maximum absolute atomic E-state index is 12.6. The summed E-state index contributed by atoms with van der Waals surface area (Å²) >= 11 is 0. The number of nitrogens with one attached hydrogen (secondary N) is 1. The maximum atomic E-state index is 12.6. The van der Waals surface area contributed by atoms with E-state index in [4.69, 9.17) is 4.74 Å². The predicted octanol–water partition coefficient (Wildman–Crippen LogP) is 4.40. The molecule has 35 heavy (non-hydrogen) atoms. The Hall–Kier alpha value is -4.32. The monoisotopic (exact) mass is 494 g/mol. The molecule has 0 aliphatic carbocycles. The van der Waals surface area contributed by atoms with Crippen molar-refractivity contribution in [1.29, 1.82) is 0 Å². The average molecular weight is 495 g/mol. The number of sulfonamides is 1. The Morgan fingerprint density at radius 1 is 0.971 bits per heavy atom. The van der Waals surface area contributed by atoms with Crippen LogP contribution in [0.3, 0.4) is 0 Å². The van der Waals surface area contributed by atoms with E-state index in [0.717, 1.165) is 29.1 Å². The number of non-ortho nitro benzene ring substituents is 1. The molecule has 0 fully saturated rings. The molecule has 0 saturated heterocycles. The summed E-state index contributed by atoms with van der Waals surface area (Å²) in [6, 6.07) is 12.6. The van der Waals surface area contributed by atoms with Crippen molar-refractivity contribution in [3.05, 3.63) is 87.5 Å². The van der Waals surface area contributed by atoms with Gasteiger partial charge in [0, 0.05) is 29.6 Å². The van der Waals surface area contributed by atoms with E-state index in [1.165, 1.54) is 24.3 Å². The third-order valence-electron chi connectivity index (χ3n) is 5.36. The van der Waals surface area contributed by atoms with Gasteiger partial charge in [-0.3, -0.25) is 14.8 Å². The second kappa shape index (κ2) is 9.14. The molecular formula is C23H22N6O5S. The second-order valence-electron chi connectivity index (χ2n) is 7.80. The van der Waals surface area contributed by atoms with E-state index in [0.29, 0.717) is 29.0 Å². The minimum atomic E-state index is -3.92. The van der Waals surface area contributed by atoms with Crippen molar-refractivity contribution in [3.8, 4) is 17.4 Å². The minimum absolute atomic E-state index is 0.0909. The third-order valence-corrected chi connectivity index (χ3v) is 6.76. The standard InChI is InChI=1S/C23H22N6O5S/c1-14-15(2)26-28(16(14)3)22-13-23(25-17(4)24-22)34-20-9-5-18(6-10-20)27-35(32,33)21-11-7-19(8-12-21)29(30)31/h5-13,27H,1-4H3. The van der Waals surface area contributed by atoms with Gasteiger partial charge >= 0.3 is 0 Å². The molecule has 0 aliphatic heterocycles. The molecule has 0 saturated carbocycles. The van der Waals surface area contributed by atoms with Crippen LogP contribution in [0.4, 0.5) is 11.4 Å². The van der Waals surface area contributed by atoms with Gasteiger partial charge in [0.25, 0.3) is 15.7 Å². The van der Waals surface area contributed by atoms with Crippen LogP contribution in [-0.4, -0.2) is 33.1 Å². The first-order valence-electron chi connectivity index (χ1n) is 10.5. The highest BCUT2D eigenvalue weighted by Gasteiger charge is 2.17. The van der Waals surface area contributed by atoms with Crippen molar-refractivity contribution in [1.82, 2.24) is 19.7 Å². The van der Waals surface area contributed by atoms with Crippen LogP contribution in [-0.2, 0) is 10.0 Å². The highest BCUT2D eigenvalue weighted by atomic mass is 32.2. The molecule has 11 nitrogen and oxygen atoms in total. The first-order valence-corrected chi connectivity index (χ1v) is 12.0. The van der Waals surface area contributed by atoms with Gasteiger partial charge in [0.1, 0.15) is 11.6 Å². The summed E-state index contributed by atoms with van der Waals surface area (Å²) in [5.74, 6) is 1.85. The van der Waals surface area contributed by atoms with Gasteiger partial charge in [-0.2, -0.15) is 10.1 Å². The van der Waals surface area contributed by atoms with Gasteiger partial charge in [-0.05, 0) is 69.7 Å². The number of benzene rings is 2.